The molecule has 0 spiro atoms. The summed E-state index contributed by atoms with van der Waals surface area (Å²) in [5, 5.41) is 8.58. The summed E-state index contributed by atoms with van der Waals surface area (Å²) in [5.41, 5.74) is 1.22. The summed E-state index contributed by atoms with van der Waals surface area (Å²) in [6, 6.07) is 21.8. The lowest BCUT2D eigenvalue weighted by Gasteiger charge is -2.25. The van der Waals surface area contributed by atoms with Crippen molar-refractivity contribution >= 4 is 28.3 Å². The van der Waals surface area contributed by atoms with Crippen molar-refractivity contribution in [2.45, 2.75) is 50.9 Å². The fraction of sp³-hybridized carbons (Fsp3) is 0.300. The predicted octanol–water partition coefficient (Wildman–Crippen LogP) is 5.32. The van der Waals surface area contributed by atoms with Gasteiger partial charge in [-0.25, -0.2) is 0 Å². The highest BCUT2D eigenvalue weighted by Crippen LogP contribution is 2.35. The Balaban J connectivity index is 1.39. The molecule has 0 aliphatic heterocycles. The van der Waals surface area contributed by atoms with Gasteiger partial charge in [-0.15, -0.1) is 0 Å². The highest BCUT2D eigenvalue weighted by Gasteiger charge is 2.39. The minimum absolute atomic E-state index is 0.175. The van der Waals surface area contributed by atoms with Crippen molar-refractivity contribution < 1.29 is 22.8 Å². The second kappa shape index (κ2) is 10.9. The Morgan fingerprint density at radius 1 is 0.974 bits per heavy atom. The Labute approximate surface area is 224 Å². The van der Waals surface area contributed by atoms with E-state index in [1.54, 1.807) is 7.05 Å². The van der Waals surface area contributed by atoms with Crippen LogP contribution >= 0.6 is 0 Å². The van der Waals surface area contributed by atoms with Gasteiger partial charge in [0.25, 0.3) is 0 Å². The first kappa shape index (κ1) is 26.5. The van der Waals surface area contributed by atoms with Crippen molar-refractivity contribution in [3.63, 3.8) is 0 Å². The molecule has 1 heterocycles. The van der Waals surface area contributed by atoms with Crippen LogP contribution in [0.3, 0.4) is 0 Å². The zero-order valence-corrected chi connectivity index (χ0v) is 21.5. The summed E-state index contributed by atoms with van der Waals surface area (Å²) < 4.78 is 42.0. The Morgan fingerprint density at radius 3 is 2.41 bits per heavy atom. The number of halogens is 3. The van der Waals surface area contributed by atoms with Gasteiger partial charge < -0.3 is 10.2 Å². The summed E-state index contributed by atoms with van der Waals surface area (Å²) in [6.45, 7) is -0.392. The topological polar surface area (TPSA) is 67.2 Å². The number of anilines is 1. The van der Waals surface area contributed by atoms with E-state index >= 15 is 0 Å². The number of amides is 2. The van der Waals surface area contributed by atoms with Crippen molar-refractivity contribution in [3.8, 4) is 0 Å². The van der Waals surface area contributed by atoms with Crippen LogP contribution in [0.2, 0.25) is 0 Å². The van der Waals surface area contributed by atoms with Gasteiger partial charge in [0.15, 0.2) is 5.69 Å². The summed E-state index contributed by atoms with van der Waals surface area (Å²) in [6.07, 6.45) is -2.24. The first-order valence-corrected chi connectivity index (χ1v) is 13.0. The number of fused-ring (bicyclic) bond motifs is 2. The van der Waals surface area contributed by atoms with Gasteiger partial charge in [-0.3, -0.25) is 14.3 Å². The van der Waals surface area contributed by atoms with Gasteiger partial charge in [0.1, 0.15) is 12.6 Å². The van der Waals surface area contributed by atoms with Gasteiger partial charge in [0.2, 0.25) is 11.8 Å². The zero-order chi connectivity index (χ0) is 27.6. The standard InChI is InChI=1S/C30H29F3N4O2/c1-36(23-16-15-21-11-5-6-12-22(21)18-23)29(39)25(17-20-9-3-2-4-10-20)34-27(38)19-37-26-14-8-7-13-24(26)28(35-37)30(31,32)33/h2-6,9-12,15-16,18,25H,7-8,13-14,17,19H2,1H3,(H,34,38). The zero-order valence-electron chi connectivity index (χ0n) is 21.5. The van der Waals surface area contributed by atoms with Crippen LogP contribution in [0.15, 0.2) is 72.8 Å². The van der Waals surface area contributed by atoms with Gasteiger partial charge >= 0.3 is 6.18 Å². The lowest BCUT2D eigenvalue weighted by Crippen LogP contribution is -2.49. The Hall–Kier alpha value is -4.14. The van der Waals surface area contributed by atoms with E-state index < -0.39 is 30.4 Å². The maximum Gasteiger partial charge on any atom is 0.435 e. The number of nitrogens with zero attached hydrogens (tertiary/aromatic N) is 3. The number of alkyl halides is 3. The molecular formula is C30H29F3N4O2. The van der Waals surface area contributed by atoms with Crippen LogP contribution in [0.5, 0.6) is 0 Å². The number of benzene rings is 3. The van der Waals surface area contributed by atoms with Crippen molar-refractivity contribution in [3.05, 3.63) is 95.3 Å². The van der Waals surface area contributed by atoms with Crippen LogP contribution in [0.1, 0.15) is 35.4 Å². The maximum atomic E-state index is 13.7. The predicted molar refractivity (Wildman–Crippen MR) is 143 cm³/mol. The number of likely N-dealkylation sites (N-methyl/N-ethyl adjacent to an activating group) is 1. The molecule has 0 bridgehead atoms. The molecule has 1 atom stereocenters. The van der Waals surface area contributed by atoms with E-state index in [9.17, 15) is 22.8 Å². The van der Waals surface area contributed by atoms with Crippen LogP contribution in [0, 0.1) is 0 Å². The Kier molecular flexibility index (Phi) is 7.41. The fourth-order valence-electron chi connectivity index (χ4n) is 5.20. The van der Waals surface area contributed by atoms with Gasteiger partial charge in [-0.05, 0) is 54.2 Å². The van der Waals surface area contributed by atoms with Gasteiger partial charge in [0, 0.05) is 30.4 Å². The maximum absolute atomic E-state index is 13.7. The van der Waals surface area contributed by atoms with Gasteiger partial charge in [-0.1, -0.05) is 60.7 Å². The minimum Gasteiger partial charge on any atom is -0.342 e. The summed E-state index contributed by atoms with van der Waals surface area (Å²) in [7, 11) is 1.65. The molecule has 0 fully saturated rings. The monoisotopic (exact) mass is 534 g/mol. The molecule has 6 nitrogen and oxygen atoms in total. The minimum atomic E-state index is -4.59. The lowest BCUT2D eigenvalue weighted by molar-refractivity contribution is -0.142. The summed E-state index contributed by atoms with van der Waals surface area (Å²) >= 11 is 0. The van der Waals surface area contributed by atoms with E-state index in [1.165, 1.54) is 4.90 Å². The molecule has 1 unspecified atom stereocenters. The molecule has 1 aliphatic carbocycles. The second-order valence-corrected chi connectivity index (χ2v) is 9.87. The molecular weight excluding hydrogens is 505 g/mol. The lowest BCUT2D eigenvalue weighted by atomic mass is 9.95. The molecule has 202 valence electrons. The average molecular weight is 535 g/mol. The van der Waals surface area contributed by atoms with E-state index in [4.69, 9.17) is 0 Å². The van der Waals surface area contributed by atoms with E-state index in [-0.39, 0.29) is 24.3 Å². The Morgan fingerprint density at radius 2 is 1.67 bits per heavy atom. The molecule has 4 aromatic rings. The molecule has 0 saturated carbocycles. The van der Waals surface area contributed by atoms with Gasteiger partial charge in [-0.2, -0.15) is 18.3 Å². The van der Waals surface area contributed by atoms with Crippen molar-refractivity contribution in [1.82, 2.24) is 15.1 Å². The highest BCUT2D eigenvalue weighted by molar-refractivity contribution is 6.00. The van der Waals surface area contributed by atoms with Crippen molar-refractivity contribution in [2.75, 3.05) is 11.9 Å². The summed E-state index contributed by atoms with van der Waals surface area (Å²) in [4.78, 5) is 28.4. The highest BCUT2D eigenvalue weighted by atomic mass is 19.4. The van der Waals surface area contributed by atoms with Crippen LogP contribution in [0.25, 0.3) is 10.8 Å². The second-order valence-electron chi connectivity index (χ2n) is 9.87. The molecule has 1 N–H and O–H groups in total. The van der Waals surface area contributed by atoms with E-state index in [2.05, 4.69) is 10.4 Å². The molecule has 0 saturated heterocycles. The SMILES string of the molecule is CN(C(=O)C(Cc1ccccc1)NC(=O)Cn1nc(C(F)(F)F)c2c1CCCC2)c1ccc2ccccc2c1. The molecule has 9 heteroatoms. The molecule has 2 amide bonds. The van der Waals surface area contributed by atoms with E-state index in [0.717, 1.165) is 27.4 Å². The number of hydrogen-bond acceptors (Lipinski definition) is 3. The van der Waals surface area contributed by atoms with E-state index in [1.807, 2.05) is 72.8 Å². The normalized spacial score (nSPS) is 14.1. The smallest absolute Gasteiger partial charge is 0.342 e. The fourth-order valence-corrected chi connectivity index (χ4v) is 5.20. The number of carbonyl (C=O) groups excluding carboxylic acids is 2. The number of aromatic nitrogens is 2. The molecule has 0 radical (unpaired) electrons. The first-order chi connectivity index (χ1) is 18.7. The van der Waals surface area contributed by atoms with Crippen LogP contribution < -0.4 is 10.2 Å². The molecule has 3 aromatic carbocycles. The molecule has 1 aliphatic rings. The average Bonchev–Trinajstić information content (AvgIpc) is 3.31. The number of nitrogens with one attached hydrogen (secondary N) is 1. The van der Waals surface area contributed by atoms with Crippen LogP contribution in [0.4, 0.5) is 18.9 Å². The molecule has 5 rings (SSSR count). The van der Waals surface area contributed by atoms with E-state index in [0.29, 0.717) is 24.2 Å². The number of hydrogen-bond donors (Lipinski definition) is 1. The van der Waals surface area contributed by atoms with Crippen molar-refractivity contribution in [2.24, 2.45) is 0 Å². The Bertz CT molecular complexity index is 1500. The van der Waals surface area contributed by atoms with Crippen LogP contribution in [-0.2, 0) is 41.6 Å². The first-order valence-electron chi connectivity index (χ1n) is 13.0. The van der Waals surface area contributed by atoms with Crippen LogP contribution in [-0.4, -0.2) is 34.7 Å². The third-order valence-corrected chi connectivity index (χ3v) is 7.19. The molecule has 39 heavy (non-hydrogen) atoms. The summed E-state index contributed by atoms with van der Waals surface area (Å²) in [5.74, 6) is -0.901. The largest absolute Gasteiger partial charge is 0.435 e. The number of rotatable bonds is 7. The third-order valence-electron chi connectivity index (χ3n) is 7.19. The number of carbonyl (C=O) groups is 2. The molecule has 1 aromatic heterocycles. The quantitative estimate of drug-likeness (QED) is 0.349. The third kappa shape index (κ3) is 5.82. The van der Waals surface area contributed by atoms with Gasteiger partial charge in [0.05, 0.1) is 0 Å². The van der Waals surface area contributed by atoms with Crippen molar-refractivity contribution in [1.29, 1.82) is 0 Å².